The molecule has 0 atom stereocenters. The summed E-state index contributed by atoms with van der Waals surface area (Å²) >= 11 is 0. The van der Waals surface area contributed by atoms with Gasteiger partial charge in [-0.15, -0.1) is 0 Å². The molecule has 0 bridgehead atoms. The third-order valence-corrected chi connectivity index (χ3v) is 2.85. The number of anilines is 1. The maximum atomic E-state index is 9.26. The van der Waals surface area contributed by atoms with Gasteiger partial charge in [-0.1, -0.05) is 24.3 Å². The lowest BCUT2D eigenvalue weighted by Gasteiger charge is -2.21. The molecule has 2 aromatic rings. The van der Waals surface area contributed by atoms with Gasteiger partial charge < -0.3 is 14.7 Å². The largest absolute Gasteiger partial charge is 0.508 e. The molecule has 1 N–H and O–H groups in total. The maximum absolute atomic E-state index is 9.26. The number of hydrogen-bond donors (Lipinski definition) is 1. The Morgan fingerprint density at radius 2 is 1.72 bits per heavy atom. The van der Waals surface area contributed by atoms with Gasteiger partial charge in [0.2, 0.25) is 0 Å². The van der Waals surface area contributed by atoms with Crippen LogP contribution in [0.5, 0.6) is 11.5 Å². The molecule has 0 heterocycles. The molecule has 2 rings (SSSR count). The number of hydrogen-bond acceptors (Lipinski definition) is 3. The number of methoxy groups -OCH3 is 1. The lowest BCUT2D eigenvalue weighted by atomic mass is 10.2. The normalized spacial score (nSPS) is 10.1. The Bertz CT molecular complexity index is 508. The molecule has 3 heteroatoms. The highest BCUT2D eigenvalue weighted by atomic mass is 16.5. The molecule has 0 amide bonds. The van der Waals surface area contributed by atoms with Crippen LogP contribution < -0.4 is 9.64 Å². The van der Waals surface area contributed by atoms with E-state index in [1.165, 1.54) is 0 Å². The molecule has 3 nitrogen and oxygen atoms in total. The number of rotatable bonds is 4. The molecule has 0 saturated heterocycles. The minimum Gasteiger partial charge on any atom is -0.508 e. The van der Waals surface area contributed by atoms with Gasteiger partial charge in [0.05, 0.1) is 12.8 Å². The molecule has 2 aromatic carbocycles. The van der Waals surface area contributed by atoms with Crippen LogP contribution in [0, 0.1) is 0 Å². The molecule has 18 heavy (non-hydrogen) atoms. The van der Waals surface area contributed by atoms with Gasteiger partial charge >= 0.3 is 0 Å². The van der Waals surface area contributed by atoms with Crippen molar-refractivity contribution in [2.45, 2.75) is 6.54 Å². The molecule has 0 radical (unpaired) electrons. The quantitative estimate of drug-likeness (QED) is 0.896. The molecule has 0 aliphatic rings. The molecule has 0 spiro atoms. The fraction of sp³-hybridized carbons (Fsp3) is 0.200. The Kier molecular flexibility index (Phi) is 3.72. The number of phenolic OH excluding ortho intramolecular Hbond substituents is 1. The molecular formula is C15H17NO2. The van der Waals surface area contributed by atoms with E-state index in [4.69, 9.17) is 4.74 Å². The standard InChI is InChI=1S/C15H17NO2/c1-16(11-12-7-9-13(17)10-8-12)14-5-3-4-6-15(14)18-2/h3-10,17H,11H2,1-2H3. The fourth-order valence-electron chi connectivity index (χ4n) is 1.91. The van der Waals surface area contributed by atoms with E-state index in [0.29, 0.717) is 5.75 Å². The topological polar surface area (TPSA) is 32.7 Å². The molecule has 94 valence electrons. The van der Waals surface area contributed by atoms with Crippen LogP contribution in [0.3, 0.4) is 0 Å². The Labute approximate surface area is 107 Å². The minimum atomic E-state index is 0.290. The first kappa shape index (κ1) is 12.3. The summed E-state index contributed by atoms with van der Waals surface area (Å²) in [5.41, 5.74) is 2.19. The molecule has 0 fully saturated rings. The summed E-state index contributed by atoms with van der Waals surface area (Å²) in [7, 11) is 3.69. The highest BCUT2D eigenvalue weighted by Crippen LogP contribution is 2.27. The van der Waals surface area contributed by atoms with Crippen LogP contribution in [0.15, 0.2) is 48.5 Å². The van der Waals surface area contributed by atoms with E-state index in [9.17, 15) is 5.11 Å². The monoisotopic (exact) mass is 243 g/mol. The van der Waals surface area contributed by atoms with E-state index in [2.05, 4.69) is 4.90 Å². The summed E-state index contributed by atoms with van der Waals surface area (Å²) < 4.78 is 5.34. The third-order valence-electron chi connectivity index (χ3n) is 2.85. The zero-order chi connectivity index (χ0) is 13.0. The first-order valence-electron chi connectivity index (χ1n) is 5.83. The average molecular weight is 243 g/mol. The lowest BCUT2D eigenvalue weighted by Crippen LogP contribution is -2.16. The van der Waals surface area contributed by atoms with Crippen LogP contribution in [0.1, 0.15) is 5.56 Å². The van der Waals surface area contributed by atoms with E-state index >= 15 is 0 Å². The van der Waals surface area contributed by atoms with Gasteiger partial charge in [0.15, 0.2) is 0 Å². The molecular weight excluding hydrogens is 226 g/mol. The summed E-state index contributed by atoms with van der Waals surface area (Å²) in [5.74, 6) is 1.15. The maximum Gasteiger partial charge on any atom is 0.142 e. The van der Waals surface area contributed by atoms with Gasteiger partial charge in [-0.2, -0.15) is 0 Å². The smallest absolute Gasteiger partial charge is 0.142 e. The van der Waals surface area contributed by atoms with E-state index in [1.807, 2.05) is 43.4 Å². The number of ether oxygens (including phenoxy) is 1. The first-order valence-corrected chi connectivity index (χ1v) is 5.83. The predicted octanol–water partition coefficient (Wildman–Crippen LogP) is 3.04. The summed E-state index contributed by atoms with van der Waals surface area (Å²) in [4.78, 5) is 2.12. The highest BCUT2D eigenvalue weighted by Gasteiger charge is 2.07. The Balaban J connectivity index is 2.16. The van der Waals surface area contributed by atoms with Crippen LogP contribution in [0.25, 0.3) is 0 Å². The molecule has 0 aliphatic carbocycles. The van der Waals surface area contributed by atoms with Crippen molar-refractivity contribution in [3.8, 4) is 11.5 Å². The van der Waals surface area contributed by atoms with Gasteiger partial charge in [-0.05, 0) is 29.8 Å². The second-order valence-electron chi connectivity index (χ2n) is 4.19. The van der Waals surface area contributed by atoms with Crippen LogP contribution in [-0.2, 0) is 6.54 Å². The van der Waals surface area contributed by atoms with Crippen molar-refractivity contribution in [2.24, 2.45) is 0 Å². The van der Waals surface area contributed by atoms with Gasteiger partial charge in [0.1, 0.15) is 11.5 Å². The predicted molar refractivity (Wildman–Crippen MR) is 73.2 cm³/mol. The van der Waals surface area contributed by atoms with Crippen molar-refractivity contribution in [1.82, 2.24) is 0 Å². The van der Waals surface area contributed by atoms with Gasteiger partial charge in [-0.25, -0.2) is 0 Å². The van der Waals surface area contributed by atoms with Gasteiger partial charge in [0.25, 0.3) is 0 Å². The Morgan fingerprint density at radius 3 is 2.39 bits per heavy atom. The third kappa shape index (κ3) is 2.74. The first-order chi connectivity index (χ1) is 8.70. The summed E-state index contributed by atoms with van der Waals surface area (Å²) in [6.07, 6.45) is 0. The number of aromatic hydroxyl groups is 1. The van der Waals surface area contributed by atoms with Gasteiger partial charge in [0, 0.05) is 13.6 Å². The van der Waals surface area contributed by atoms with Crippen LogP contribution >= 0.6 is 0 Å². The molecule has 0 saturated carbocycles. The molecule has 0 aliphatic heterocycles. The van der Waals surface area contributed by atoms with Gasteiger partial charge in [-0.3, -0.25) is 0 Å². The zero-order valence-electron chi connectivity index (χ0n) is 10.6. The SMILES string of the molecule is COc1ccccc1N(C)Cc1ccc(O)cc1. The highest BCUT2D eigenvalue weighted by molar-refractivity contribution is 5.58. The van der Waals surface area contributed by atoms with Crippen molar-refractivity contribution in [2.75, 3.05) is 19.1 Å². The Hall–Kier alpha value is -2.16. The second kappa shape index (κ2) is 5.45. The van der Waals surface area contributed by atoms with E-state index < -0.39 is 0 Å². The zero-order valence-corrected chi connectivity index (χ0v) is 10.6. The van der Waals surface area contributed by atoms with E-state index in [1.54, 1.807) is 19.2 Å². The summed E-state index contributed by atoms with van der Waals surface area (Å²) in [5, 5.41) is 9.26. The number of benzene rings is 2. The fourth-order valence-corrected chi connectivity index (χ4v) is 1.91. The van der Waals surface area contributed by atoms with E-state index in [0.717, 1.165) is 23.5 Å². The van der Waals surface area contributed by atoms with Crippen molar-refractivity contribution in [1.29, 1.82) is 0 Å². The average Bonchev–Trinajstić information content (AvgIpc) is 2.41. The molecule has 0 aromatic heterocycles. The Morgan fingerprint density at radius 1 is 1.06 bits per heavy atom. The summed E-state index contributed by atoms with van der Waals surface area (Å²) in [6.45, 7) is 0.765. The number of para-hydroxylation sites is 2. The van der Waals surface area contributed by atoms with Crippen LogP contribution in [-0.4, -0.2) is 19.3 Å². The van der Waals surface area contributed by atoms with Crippen LogP contribution in [0.2, 0.25) is 0 Å². The van der Waals surface area contributed by atoms with Crippen molar-refractivity contribution in [3.05, 3.63) is 54.1 Å². The van der Waals surface area contributed by atoms with Crippen molar-refractivity contribution < 1.29 is 9.84 Å². The van der Waals surface area contributed by atoms with Crippen molar-refractivity contribution >= 4 is 5.69 Å². The number of phenols is 1. The number of nitrogens with zero attached hydrogens (tertiary/aromatic N) is 1. The van der Waals surface area contributed by atoms with Crippen LogP contribution in [0.4, 0.5) is 5.69 Å². The van der Waals surface area contributed by atoms with Crippen molar-refractivity contribution in [3.63, 3.8) is 0 Å². The summed E-state index contributed by atoms with van der Waals surface area (Å²) in [6, 6.07) is 15.2. The van der Waals surface area contributed by atoms with E-state index in [-0.39, 0.29) is 0 Å². The molecule has 0 unspecified atom stereocenters. The minimum absolute atomic E-state index is 0.290. The lowest BCUT2D eigenvalue weighted by molar-refractivity contribution is 0.415. The second-order valence-corrected chi connectivity index (χ2v) is 4.19.